The number of rotatable bonds is 8. The maximum absolute atomic E-state index is 15.7. The van der Waals surface area contributed by atoms with Gasteiger partial charge in [-0.05, 0) is 77.8 Å². The number of fused-ring (bicyclic) bond motifs is 1. The molecule has 8 nitrogen and oxygen atoms in total. The molecule has 1 N–H and O–H groups in total. The van der Waals surface area contributed by atoms with Gasteiger partial charge >= 0.3 is 6.09 Å². The number of nitrogens with zero attached hydrogens (tertiary/aromatic N) is 3. The molecule has 1 aliphatic heterocycles. The van der Waals surface area contributed by atoms with E-state index in [0.29, 0.717) is 48.3 Å². The van der Waals surface area contributed by atoms with Crippen molar-refractivity contribution >= 4 is 22.7 Å². The number of pyridine rings is 1. The summed E-state index contributed by atoms with van der Waals surface area (Å²) in [6.45, 7) is 10.8. The van der Waals surface area contributed by atoms with Crippen LogP contribution in [0, 0.1) is 30.0 Å². The zero-order valence-electron chi connectivity index (χ0n) is 22.4. The Kier molecular flexibility index (Phi) is 7.67. The summed E-state index contributed by atoms with van der Waals surface area (Å²) in [5, 5.41) is 12.3. The van der Waals surface area contributed by atoms with Crippen molar-refractivity contribution in [3.05, 3.63) is 33.9 Å². The molecule has 2 atom stereocenters. The number of nitriles is 1. The predicted molar refractivity (Wildman–Crippen MR) is 141 cm³/mol. The Balaban J connectivity index is 1.63. The molecule has 0 unspecified atom stereocenters. The van der Waals surface area contributed by atoms with Crippen LogP contribution in [0.2, 0.25) is 0 Å². The van der Waals surface area contributed by atoms with Crippen LogP contribution >= 0.6 is 0 Å². The SMILES string of the molecule is Cc1c(N2CC[C@@H]([C@H](C)NC(=O)OC(C)(C)C)C2)c(F)cc2c(OCCCC#N)cc(=O)n(C3CC3)c12. The lowest BCUT2D eigenvalue weighted by atomic mass is 10.0. The highest BCUT2D eigenvalue weighted by atomic mass is 19.1. The van der Waals surface area contributed by atoms with Crippen molar-refractivity contribution in [2.24, 2.45) is 5.92 Å². The van der Waals surface area contributed by atoms with Gasteiger partial charge in [0.1, 0.15) is 17.2 Å². The molecular weight excluding hydrogens is 475 g/mol. The first kappa shape index (κ1) is 26.8. The lowest BCUT2D eigenvalue weighted by Crippen LogP contribution is -2.42. The minimum Gasteiger partial charge on any atom is -0.493 e. The molecule has 0 spiro atoms. The van der Waals surface area contributed by atoms with Crippen LogP contribution in [0.4, 0.5) is 14.9 Å². The minimum absolute atomic E-state index is 0.115. The first-order valence-corrected chi connectivity index (χ1v) is 13.1. The fraction of sp³-hybridized carbons (Fsp3) is 0.607. The number of anilines is 1. The molecule has 1 amide bonds. The third-order valence-electron chi connectivity index (χ3n) is 7.06. The van der Waals surface area contributed by atoms with Crippen molar-refractivity contribution in [1.29, 1.82) is 5.26 Å². The monoisotopic (exact) mass is 512 g/mol. The van der Waals surface area contributed by atoms with E-state index in [1.54, 1.807) is 4.57 Å². The Labute approximate surface area is 217 Å². The minimum atomic E-state index is -0.577. The Morgan fingerprint density at radius 3 is 2.68 bits per heavy atom. The van der Waals surface area contributed by atoms with Gasteiger partial charge in [0.2, 0.25) is 0 Å². The maximum atomic E-state index is 15.7. The van der Waals surface area contributed by atoms with Crippen molar-refractivity contribution in [2.75, 3.05) is 24.6 Å². The summed E-state index contributed by atoms with van der Waals surface area (Å²) in [5.74, 6) is 0.126. The predicted octanol–water partition coefficient (Wildman–Crippen LogP) is 5.21. The molecule has 200 valence electrons. The second-order valence-electron chi connectivity index (χ2n) is 11.2. The molecule has 2 aromatic rings. The molecule has 2 heterocycles. The lowest BCUT2D eigenvalue weighted by Gasteiger charge is -2.27. The number of unbranched alkanes of at least 4 members (excludes halogenated alkanes) is 1. The molecule has 2 aliphatic rings. The third kappa shape index (κ3) is 6.00. The van der Waals surface area contributed by atoms with Crippen molar-refractivity contribution in [3.63, 3.8) is 0 Å². The Hall–Kier alpha value is -3.28. The normalized spacial score (nSPS) is 18.5. The number of ether oxygens (including phenoxy) is 2. The third-order valence-corrected chi connectivity index (χ3v) is 7.06. The number of hydrogen-bond acceptors (Lipinski definition) is 6. The molecule has 37 heavy (non-hydrogen) atoms. The van der Waals surface area contributed by atoms with Crippen LogP contribution in [0.25, 0.3) is 10.9 Å². The molecule has 0 bridgehead atoms. The average Bonchev–Trinajstić information content (AvgIpc) is 3.51. The van der Waals surface area contributed by atoms with Gasteiger partial charge in [-0.3, -0.25) is 4.79 Å². The molecule has 4 rings (SSSR count). The van der Waals surface area contributed by atoms with Crippen molar-refractivity contribution in [1.82, 2.24) is 9.88 Å². The second kappa shape index (κ2) is 10.6. The van der Waals surface area contributed by atoms with E-state index in [9.17, 15) is 9.59 Å². The van der Waals surface area contributed by atoms with Crippen molar-refractivity contribution < 1.29 is 18.7 Å². The summed E-state index contributed by atoms with van der Waals surface area (Å²) in [5.41, 5.74) is 1.20. The van der Waals surface area contributed by atoms with E-state index < -0.39 is 11.7 Å². The van der Waals surface area contributed by atoms with Gasteiger partial charge in [0.05, 0.1) is 23.9 Å². The number of aryl methyl sites for hydroxylation is 1. The highest BCUT2D eigenvalue weighted by molar-refractivity contribution is 5.92. The van der Waals surface area contributed by atoms with Gasteiger partial charge in [-0.25, -0.2) is 9.18 Å². The van der Waals surface area contributed by atoms with Gasteiger partial charge in [0.25, 0.3) is 5.56 Å². The standard InChI is InChI=1S/C28H37FN4O4/c1-17-25-21(23(36-13-7-6-11-30)15-24(34)33(25)20-8-9-20)14-22(29)26(17)32-12-10-19(16-32)18(2)31-27(35)37-28(3,4)5/h14-15,18-20H,6-10,12-13,16H2,1-5H3,(H,31,35)/t18-,19+/m0/s1. The number of nitrogens with one attached hydrogen (secondary N) is 1. The largest absolute Gasteiger partial charge is 0.493 e. The number of amides is 1. The second-order valence-corrected chi connectivity index (χ2v) is 11.2. The Morgan fingerprint density at radius 2 is 2.03 bits per heavy atom. The smallest absolute Gasteiger partial charge is 0.407 e. The summed E-state index contributed by atoms with van der Waals surface area (Å²) in [4.78, 5) is 27.4. The van der Waals surface area contributed by atoms with Crippen LogP contribution in [0.15, 0.2) is 16.9 Å². The quantitative estimate of drug-likeness (QED) is 0.488. The Bertz CT molecular complexity index is 1270. The van der Waals surface area contributed by atoms with Crippen LogP contribution in [-0.4, -0.2) is 42.0 Å². The highest BCUT2D eigenvalue weighted by Gasteiger charge is 2.34. The molecule has 1 saturated carbocycles. The van der Waals surface area contributed by atoms with Gasteiger partial charge < -0.3 is 24.3 Å². The molecule has 1 aromatic carbocycles. The van der Waals surface area contributed by atoms with Crippen LogP contribution < -0.4 is 20.5 Å². The molecule has 2 fully saturated rings. The first-order valence-electron chi connectivity index (χ1n) is 13.1. The van der Waals surface area contributed by atoms with Gasteiger partial charge in [-0.1, -0.05) is 0 Å². The number of carbonyl (C=O) groups is 1. The van der Waals surface area contributed by atoms with E-state index in [-0.39, 0.29) is 36.0 Å². The number of benzene rings is 1. The van der Waals surface area contributed by atoms with E-state index in [4.69, 9.17) is 14.7 Å². The molecule has 1 saturated heterocycles. The zero-order chi connectivity index (χ0) is 26.9. The van der Waals surface area contributed by atoms with Gasteiger partial charge in [0, 0.05) is 43.0 Å². The number of hydrogen-bond donors (Lipinski definition) is 1. The lowest BCUT2D eigenvalue weighted by molar-refractivity contribution is 0.0494. The first-order chi connectivity index (χ1) is 17.5. The van der Waals surface area contributed by atoms with E-state index in [0.717, 1.165) is 24.8 Å². The topological polar surface area (TPSA) is 96.6 Å². The summed E-state index contributed by atoms with van der Waals surface area (Å²) in [6.07, 6.45) is 3.07. The van der Waals surface area contributed by atoms with E-state index in [1.165, 1.54) is 12.1 Å². The molecular formula is C28H37FN4O4. The summed E-state index contributed by atoms with van der Waals surface area (Å²) in [7, 11) is 0. The average molecular weight is 513 g/mol. The Morgan fingerprint density at radius 1 is 1.30 bits per heavy atom. The van der Waals surface area contributed by atoms with Gasteiger partial charge in [0.15, 0.2) is 0 Å². The fourth-order valence-electron chi connectivity index (χ4n) is 5.17. The molecule has 1 aliphatic carbocycles. The fourth-order valence-corrected chi connectivity index (χ4v) is 5.17. The number of carbonyl (C=O) groups excluding carboxylic acids is 1. The molecule has 9 heteroatoms. The van der Waals surface area contributed by atoms with Gasteiger partial charge in [-0.15, -0.1) is 0 Å². The van der Waals surface area contributed by atoms with E-state index in [2.05, 4.69) is 11.4 Å². The number of alkyl carbamates (subject to hydrolysis) is 1. The van der Waals surface area contributed by atoms with Crippen molar-refractivity contribution in [2.45, 2.75) is 84.4 Å². The highest BCUT2D eigenvalue weighted by Crippen LogP contribution is 2.42. The van der Waals surface area contributed by atoms with Crippen LogP contribution in [-0.2, 0) is 4.74 Å². The summed E-state index contributed by atoms with van der Waals surface area (Å²) >= 11 is 0. The number of aromatic nitrogens is 1. The van der Waals surface area contributed by atoms with E-state index in [1.807, 2.05) is 39.5 Å². The van der Waals surface area contributed by atoms with Crippen LogP contribution in [0.5, 0.6) is 5.75 Å². The summed E-state index contributed by atoms with van der Waals surface area (Å²) < 4.78 is 28.7. The summed E-state index contributed by atoms with van der Waals surface area (Å²) in [6, 6.07) is 4.98. The van der Waals surface area contributed by atoms with Crippen LogP contribution in [0.1, 0.15) is 71.4 Å². The maximum Gasteiger partial charge on any atom is 0.407 e. The van der Waals surface area contributed by atoms with Gasteiger partial charge in [-0.2, -0.15) is 5.26 Å². The number of halogens is 1. The molecule has 0 radical (unpaired) electrons. The molecule has 1 aromatic heterocycles. The van der Waals surface area contributed by atoms with Crippen LogP contribution in [0.3, 0.4) is 0 Å². The van der Waals surface area contributed by atoms with Crippen molar-refractivity contribution in [3.8, 4) is 11.8 Å². The zero-order valence-corrected chi connectivity index (χ0v) is 22.4. The van der Waals surface area contributed by atoms with E-state index >= 15 is 4.39 Å².